The molecule has 0 spiro atoms. The van der Waals surface area contributed by atoms with E-state index >= 15 is 0 Å². The molecule has 0 bridgehead atoms. The van der Waals surface area contributed by atoms with Crippen molar-refractivity contribution in [1.82, 2.24) is 15.0 Å². The largest absolute Gasteiger partial charge is 0.408 e. The van der Waals surface area contributed by atoms with Crippen LogP contribution in [0.2, 0.25) is 5.02 Å². The van der Waals surface area contributed by atoms with Gasteiger partial charge in [-0.25, -0.2) is 15.0 Å². The van der Waals surface area contributed by atoms with Crippen LogP contribution in [-0.2, 0) is 12.8 Å². The normalized spacial score (nSPS) is 12.1. The van der Waals surface area contributed by atoms with Gasteiger partial charge in [-0.1, -0.05) is 23.7 Å². The van der Waals surface area contributed by atoms with Crippen molar-refractivity contribution in [2.24, 2.45) is 10.7 Å². The Morgan fingerprint density at radius 2 is 2.00 bits per heavy atom. The topological polar surface area (TPSA) is 121 Å². The van der Waals surface area contributed by atoms with Crippen molar-refractivity contribution in [3.63, 3.8) is 0 Å². The lowest BCUT2D eigenvalue weighted by Gasteiger charge is -2.06. The number of nitrogens with two attached hydrogens (primary N) is 1. The van der Waals surface area contributed by atoms with E-state index in [1.165, 1.54) is 11.3 Å². The van der Waals surface area contributed by atoms with Crippen LogP contribution in [0.1, 0.15) is 29.7 Å². The van der Waals surface area contributed by atoms with Crippen molar-refractivity contribution < 1.29 is 13.2 Å². The zero-order chi connectivity index (χ0) is 24.6. The van der Waals surface area contributed by atoms with Crippen molar-refractivity contribution in [2.75, 3.05) is 23.7 Å². The third-order valence-electron chi connectivity index (χ3n) is 4.55. The fourth-order valence-electron chi connectivity index (χ4n) is 2.90. The number of aliphatic imine (C=N–C) groups is 1. The number of hydrogen-bond donors (Lipinski definition) is 4. The first-order chi connectivity index (χ1) is 16.2. The summed E-state index contributed by atoms with van der Waals surface area (Å²) < 4.78 is 36.5. The van der Waals surface area contributed by atoms with E-state index < -0.39 is 12.7 Å². The Morgan fingerprint density at radius 3 is 2.71 bits per heavy atom. The van der Waals surface area contributed by atoms with E-state index in [-0.39, 0.29) is 11.5 Å². The molecule has 0 saturated carbocycles. The van der Waals surface area contributed by atoms with Crippen LogP contribution in [-0.4, -0.2) is 40.2 Å². The van der Waals surface area contributed by atoms with Gasteiger partial charge in [-0.15, -0.1) is 11.3 Å². The highest BCUT2D eigenvalue weighted by Gasteiger charge is 2.26. The molecule has 0 radical (unpaired) electrons. The van der Waals surface area contributed by atoms with Crippen LogP contribution in [0, 0.1) is 0 Å². The molecule has 0 unspecified atom stereocenters. The number of H-pyrrole nitrogens is 1. The molecule has 0 aliphatic carbocycles. The van der Waals surface area contributed by atoms with E-state index in [9.17, 15) is 18.0 Å². The number of unbranched alkanes of at least 4 members (excludes halogenated alkanes) is 1. The highest BCUT2D eigenvalue weighted by Crippen LogP contribution is 2.18. The number of guanidine groups is 1. The van der Waals surface area contributed by atoms with Gasteiger partial charge < -0.3 is 16.4 Å². The quantitative estimate of drug-likeness (QED) is 0.183. The van der Waals surface area contributed by atoms with Crippen LogP contribution in [0.15, 0.2) is 45.6 Å². The van der Waals surface area contributed by atoms with Gasteiger partial charge in [-0.2, -0.15) is 13.2 Å². The fraction of sp³-hybridized carbons (Fsp3) is 0.333. The monoisotopic (exact) mass is 513 g/mol. The molecule has 3 rings (SSSR count). The minimum atomic E-state index is -4.41. The molecule has 5 N–H and O–H groups in total. The molecule has 0 aliphatic rings. The predicted octanol–water partition coefficient (Wildman–Crippen LogP) is 4.19. The molecule has 0 fully saturated rings. The Labute approximate surface area is 202 Å². The number of halogens is 4. The highest BCUT2D eigenvalue weighted by molar-refractivity contribution is 7.13. The van der Waals surface area contributed by atoms with E-state index in [0.29, 0.717) is 41.1 Å². The summed E-state index contributed by atoms with van der Waals surface area (Å²) in [6, 6.07) is 7.29. The molecule has 2 heterocycles. The van der Waals surface area contributed by atoms with Crippen molar-refractivity contribution in [2.45, 2.75) is 31.9 Å². The summed E-state index contributed by atoms with van der Waals surface area (Å²) in [5, 5.41) is 8.49. The van der Waals surface area contributed by atoms with Crippen molar-refractivity contribution in [3.8, 4) is 0 Å². The van der Waals surface area contributed by atoms with Gasteiger partial charge in [0.15, 0.2) is 11.1 Å². The van der Waals surface area contributed by atoms with Gasteiger partial charge in [-0.05, 0) is 37.0 Å². The Kier molecular flexibility index (Phi) is 8.88. The molecule has 0 atom stereocenters. The number of aromatic nitrogens is 3. The second kappa shape index (κ2) is 11.8. The molecule has 8 nitrogen and oxygen atoms in total. The van der Waals surface area contributed by atoms with Gasteiger partial charge in [0.2, 0.25) is 5.95 Å². The third kappa shape index (κ3) is 8.67. The lowest BCUT2D eigenvalue weighted by atomic mass is 10.1. The van der Waals surface area contributed by atoms with Crippen LogP contribution < -0.4 is 21.9 Å². The van der Waals surface area contributed by atoms with Gasteiger partial charge in [0, 0.05) is 35.1 Å². The van der Waals surface area contributed by atoms with Crippen molar-refractivity contribution in [3.05, 3.63) is 68.0 Å². The predicted molar refractivity (Wildman–Crippen MR) is 129 cm³/mol. The number of nitrogens with zero attached hydrogens (tertiary/aromatic N) is 3. The molecule has 0 amide bonds. The van der Waals surface area contributed by atoms with E-state index in [1.54, 1.807) is 18.3 Å². The fourth-order valence-corrected chi connectivity index (χ4v) is 3.78. The second-order valence-corrected chi connectivity index (χ2v) is 8.65. The molecule has 13 heteroatoms. The van der Waals surface area contributed by atoms with E-state index in [4.69, 9.17) is 17.3 Å². The summed E-state index contributed by atoms with van der Waals surface area (Å²) in [5.74, 6) is 0.0710. The van der Waals surface area contributed by atoms with Gasteiger partial charge in [0.25, 0.3) is 5.56 Å². The maximum Gasteiger partial charge on any atom is 0.408 e. The minimum Gasteiger partial charge on any atom is -0.370 e. The smallest absolute Gasteiger partial charge is 0.370 e. The maximum absolute atomic E-state index is 12.3. The van der Waals surface area contributed by atoms with Gasteiger partial charge in [-0.3, -0.25) is 9.78 Å². The van der Waals surface area contributed by atoms with Gasteiger partial charge >= 0.3 is 6.18 Å². The first-order valence-electron chi connectivity index (χ1n) is 10.3. The molecule has 1 aromatic carbocycles. The molecular weight excluding hydrogens is 491 g/mol. The lowest BCUT2D eigenvalue weighted by Crippen LogP contribution is -2.25. The summed E-state index contributed by atoms with van der Waals surface area (Å²) in [7, 11) is 0. The molecule has 3 aromatic rings. The summed E-state index contributed by atoms with van der Waals surface area (Å²) in [5.41, 5.74) is 7.57. The van der Waals surface area contributed by atoms with Crippen LogP contribution in [0.5, 0.6) is 0 Å². The number of benzene rings is 1. The zero-order valence-corrected chi connectivity index (χ0v) is 19.5. The third-order valence-corrected chi connectivity index (χ3v) is 5.61. The molecule has 0 aliphatic heterocycles. The number of hydrogen-bond acceptors (Lipinski definition) is 6. The van der Waals surface area contributed by atoms with Crippen LogP contribution in [0.25, 0.3) is 0 Å². The van der Waals surface area contributed by atoms with E-state index in [2.05, 4.69) is 30.6 Å². The average molecular weight is 514 g/mol. The number of anilines is 2. The number of thiazole rings is 1. The standard InChI is InChI=1S/C21H23ClF3N7OS/c22-15-6-4-13(5-7-15)9-14-10-28-19(31-17(14)33)27-8-2-1-3-16-11-34-20(30-16)32-18(26)29-12-21(23,24)25/h4-7,10-11H,1-3,8-9,12H2,(H3,26,29,30,32)(H2,27,28,31,33). The summed E-state index contributed by atoms with van der Waals surface area (Å²) in [6.45, 7) is -0.742. The SMILES string of the molecule is NC(=NCC(F)(F)F)Nc1nc(CCCCNc2ncc(Cc3ccc(Cl)cc3)c(=O)[nH]2)cs1. The van der Waals surface area contributed by atoms with Crippen molar-refractivity contribution in [1.29, 1.82) is 0 Å². The van der Waals surface area contributed by atoms with E-state index in [0.717, 1.165) is 24.1 Å². The molecule has 182 valence electrons. The summed E-state index contributed by atoms with van der Waals surface area (Å²) in [6.07, 6.45) is -0.0917. The molecule has 34 heavy (non-hydrogen) atoms. The summed E-state index contributed by atoms with van der Waals surface area (Å²) in [4.78, 5) is 26.8. The van der Waals surface area contributed by atoms with Gasteiger partial charge in [0.1, 0.15) is 6.54 Å². The zero-order valence-electron chi connectivity index (χ0n) is 18.0. The Morgan fingerprint density at radius 1 is 1.24 bits per heavy atom. The highest BCUT2D eigenvalue weighted by atomic mass is 35.5. The van der Waals surface area contributed by atoms with Crippen LogP contribution in [0.4, 0.5) is 24.3 Å². The summed E-state index contributed by atoms with van der Waals surface area (Å²) >= 11 is 7.12. The molecular formula is C21H23ClF3N7OS. The molecule has 2 aromatic heterocycles. The van der Waals surface area contributed by atoms with Gasteiger partial charge in [0.05, 0.1) is 5.69 Å². The second-order valence-electron chi connectivity index (χ2n) is 7.36. The number of aromatic amines is 1. The lowest BCUT2D eigenvalue weighted by molar-refractivity contribution is -0.118. The van der Waals surface area contributed by atoms with Crippen molar-refractivity contribution >= 4 is 40.0 Å². The number of aryl methyl sites for hydroxylation is 1. The Balaban J connectivity index is 1.38. The first kappa shape index (κ1) is 25.5. The Hall–Kier alpha value is -3.12. The average Bonchev–Trinajstić information content (AvgIpc) is 3.22. The molecule has 0 saturated heterocycles. The minimum absolute atomic E-state index is 0.201. The number of rotatable bonds is 10. The van der Waals surface area contributed by atoms with E-state index in [1.807, 2.05) is 17.5 Å². The number of alkyl halides is 3. The van der Waals surface area contributed by atoms with Crippen LogP contribution >= 0.6 is 22.9 Å². The van der Waals surface area contributed by atoms with Crippen LogP contribution in [0.3, 0.4) is 0 Å². The number of nitrogens with one attached hydrogen (secondary N) is 3. The Bertz CT molecular complexity index is 1160. The first-order valence-corrected chi connectivity index (χ1v) is 11.6. The maximum atomic E-state index is 12.3.